The van der Waals surface area contributed by atoms with Crippen molar-refractivity contribution in [2.75, 3.05) is 41.7 Å². The fourth-order valence-electron chi connectivity index (χ4n) is 2.70. The summed E-state index contributed by atoms with van der Waals surface area (Å²) in [6.07, 6.45) is 0. The molecule has 0 saturated carbocycles. The lowest BCUT2D eigenvalue weighted by atomic mass is 9.89. The Hall–Kier alpha value is -3.10. The Morgan fingerprint density at radius 2 is 1.48 bits per heavy atom. The van der Waals surface area contributed by atoms with E-state index in [1.54, 1.807) is 30.3 Å². The highest BCUT2D eigenvalue weighted by molar-refractivity contribution is 6.15. The highest BCUT2D eigenvalue weighted by Crippen LogP contribution is 2.37. The van der Waals surface area contributed by atoms with Crippen molar-refractivity contribution in [2.24, 2.45) is 0 Å². The first kappa shape index (κ1) is 22.2. The molecule has 8 nitrogen and oxygen atoms in total. The predicted molar refractivity (Wildman–Crippen MR) is 104 cm³/mol. The molecule has 0 amide bonds. The van der Waals surface area contributed by atoms with Gasteiger partial charge in [0.1, 0.15) is 35.3 Å². The van der Waals surface area contributed by atoms with Crippen LogP contribution in [-0.2, 0) is 19.3 Å². The van der Waals surface area contributed by atoms with E-state index >= 15 is 0 Å². The number of hydrogen-bond donors (Lipinski definition) is 0. The van der Waals surface area contributed by atoms with E-state index in [9.17, 15) is 9.59 Å². The molecule has 1 unspecified atom stereocenters. The van der Waals surface area contributed by atoms with Crippen molar-refractivity contribution in [3.63, 3.8) is 0 Å². The van der Waals surface area contributed by atoms with Gasteiger partial charge in [-0.15, -0.1) is 0 Å². The molecule has 0 spiro atoms. The van der Waals surface area contributed by atoms with Gasteiger partial charge in [-0.05, 0) is 5.56 Å². The van der Waals surface area contributed by atoms with E-state index in [2.05, 4.69) is 0 Å². The molecule has 156 valence electrons. The third-order valence-corrected chi connectivity index (χ3v) is 4.10. The van der Waals surface area contributed by atoms with Gasteiger partial charge in [0.2, 0.25) is 0 Å². The molecule has 0 saturated heterocycles. The number of carbonyl (C=O) groups excluding carboxylic acids is 2. The van der Waals surface area contributed by atoms with E-state index < -0.39 is 17.7 Å². The summed E-state index contributed by atoms with van der Waals surface area (Å²) < 4.78 is 20.7. The molecule has 0 fully saturated rings. The second-order valence-corrected chi connectivity index (χ2v) is 5.83. The molecule has 0 aliphatic carbocycles. The molecule has 8 heteroatoms. The molecule has 0 N–H and O–H groups in total. The molecule has 2 rings (SSSR count). The van der Waals surface area contributed by atoms with Crippen molar-refractivity contribution in [3.05, 3.63) is 53.6 Å². The van der Waals surface area contributed by atoms with E-state index in [4.69, 9.17) is 28.7 Å². The second-order valence-electron chi connectivity index (χ2n) is 5.83. The van der Waals surface area contributed by atoms with Gasteiger partial charge in [-0.3, -0.25) is 9.68 Å². The summed E-state index contributed by atoms with van der Waals surface area (Å²) in [4.78, 5) is 35.9. The monoisotopic (exact) mass is 404 g/mol. The zero-order chi connectivity index (χ0) is 21.2. The maximum absolute atomic E-state index is 13.5. The Kier molecular flexibility index (Phi) is 8.45. The minimum Gasteiger partial charge on any atom is -0.496 e. The molecule has 1 atom stereocenters. The molecule has 0 aromatic heterocycles. The van der Waals surface area contributed by atoms with Crippen LogP contribution in [0.5, 0.6) is 17.2 Å². The van der Waals surface area contributed by atoms with Gasteiger partial charge in [0.15, 0.2) is 5.78 Å². The topological polar surface area (TPSA) is 89.5 Å². The zero-order valence-electron chi connectivity index (χ0n) is 16.8. The van der Waals surface area contributed by atoms with Gasteiger partial charge in [-0.1, -0.05) is 30.3 Å². The summed E-state index contributed by atoms with van der Waals surface area (Å²) in [6.45, 7) is 0.268. The summed E-state index contributed by atoms with van der Waals surface area (Å²) in [6, 6.07) is 11.6. The van der Waals surface area contributed by atoms with Crippen LogP contribution in [0.2, 0.25) is 0 Å². The maximum Gasteiger partial charge on any atom is 0.357 e. The van der Waals surface area contributed by atoms with Crippen LogP contribution in [0.15, 0.2) is 42.5 Å². The van der Waals surface area contributed by atoms with E-state index in [0.29, 0.717) is 11.3 Å². The second kappa shape index (κ2) is 11.0. The van der Waals surface area contributed by atoms with Crippen LogP contribution in [0, 0.1) is 0 Å². The van der Waals surface area contributed by atoms with Gasteiger partial charge in [0, 0.05) is 19.2 Å². The van der Waals surface area contributed by atoms with Crippen molar-refractivity contribution in [1.29, 1.82) is 0 Å². The lowest BCUT2D eigenvalue weighted by Crippen LogP contribution is -2.26. The molecule has 0 aliphatic rings. The van der Waals surface area contributed by atoms with Crippen LogP contribution in [0.25, 0.3) is 0 Å². The Labute approximate surface area is 169 Å². The van der Waals surface area contributed by atoms with Gasteiger partial charge in [0.25, 0.3) is 0 Å². The van der Waals surface area contributed by atoms with Crippen LogP contribution in [0.3, 0.4) is 0 Å². The van der Waals surface area contributed by atoms with Crippen molar-refractivity contribution >= 4 is 11.8 Å². The summed E-state index contributed by atoms with van der Waals surface area (Å²) in [5.74, 6) is -1.85. The quantitative estimate of drug-likeness (QED) is 0.186. The van der Waals surface area contributed by atoms with Crippen LogP contribution >= 0.6 is 0 Å². The lowest BCUT2D eigenvalue weighted by molar-refractivity contribution is -0.276. The Balaban J connectivity index is 2.46. The van der Waals surface area contributed by atoms with Crippen LogP contribution in [-0.4, -0.2) is 53.4 Å². The van der Waals surface area contributed by atoms with Crippen molar-refractivity contribution in [1.82, 2.24) is 0 Å². The highest BCUT2D eigenvalue weighted by atomic mass is 17.2. The molecule has 0 radical (unpaired) electrons. The third kappa shape index (κ3) is 5.46. The van der Waals surface area contributed by atoms with Crippen molar-refractivity contribution < 1.29 is 38.3 Å². The molecule has 2 aromatic carbocycles. The fourth-order valence-corrected chi connectivity index (χ4v) is 2.70. The van der Waals surface area contributed by atoms with Crippen LogP contribution in [0.1, 0.15) is 21.8 Å². The Morgan fingerprint density at radius 1 is 0.862 bits per heavy atom. The molecule has 2 aromatic rings. The summed E-state index contributed by atoms with van der Waals surface area (Å²) in [5.41, 5.74) is 0.538. The number of methoxy groups -OCH3 is 4. The minimum atomic E-state index is -1.28. The fraction of sp³-hybridized carbons (Fsp3) is 0.333. The van der Waals surface area contributed by atoms with E-state index in [1.807, 2.05) is 0 Å². The molecular weight excluding hydrogens is 380 g/mol. The zero-order valence-corrected chi connectivity index (χ0v) is 16.8. The SMILES string of the molecule is COCCOOC(=O)C(C(=O)c1c(OC)cc(OC)cc1OC)c1ccccc1. The van der Waals surface area contributed by atoms with Crippen molar-refractivity contribution in [3.8, 4) is 17.2 Å². The highest BCUT2D eigenvalue weighted by Gasteiger charge is 2.35. The molecule has 0 aliphatic heterocycles. The first-order valence-corrected chi connectivity index (χ1v) is 8.78. The number of rotatable bonds is 11. The average Bonchev–Trinajstić information content (AvgIpc) is 2.76. The Morgan fingerprint density at radius 3 is 2.00 bits per heavy atom. The molecule has 0 heterocycles. The predicted octanol–water partition coefficient (Wildman–Crippen LogP) is 2.80. The standard InChI is InChI=1S/C21H24O8/c1-24-10-11-28-29-21(23)18(14-8-6-5-7-9-14)20(22)19-16(26-3)12-15(25-2)13-17(19)27-4/h5-9,12-13,18H,10-11H2,1-4H3. The third-order valence-electron chi connectivity index (χ3n) is 4.10. The number of benzene rings is 2. The number of carbonyl (C=O) groups is 2. The lowest BCUT2D eigenvalue weighted by Gasteiger charge is -2.19. The summed E-state index contributed by atoms with van der Waals surface area (Å²) in [5, 5.41) is 0. The molecule has 29 heavy (non-hydrogen) atoms. The van der Waals surface area contributed by atoms with Gasteiger partial charge in [-0.2, -0.15) is 4.89 Å². The van der Waals surface area contributed by atoms with E-state index in [-0.39, 0.29) is 30.3 Å². The maximum atomic E-state index is 13.5. The normalized spacial score (nSPS) is 11.4. The van der Waals surface area contributed by atoms with Gasteiger partial charge in [-0.25, -0.2) is 4.79 Å². The van der Waals surface area contributed by atoms with Gasteiger partial charge >= 0.3 is 5.97 Å². The van der Waals surface area contributed by atoms with Crippen molar-refractivity contribution in [2.45, 2.75) is 5.92 Å². The number of ether oxygens (including phenoxy) is 4. The van der Waals surface area contributed by atoms with Crippen LogP contribution in [0.4, 0.5) is 0 Å². The minimum absolute atomic E-state index is 0.0348. The number of hydrogen-bond acceptors (Lipinski definition) is 8. The van der Waals surface area contributed by atoms with E-state index in [1.165, 1.54) is 40.6 Å². The smallest absolute Gasteiger partial charge is 0.357 e. The first-order chi connectivity index (χ1) is 14.1. The molecule has 0 bridgehead atoms. The largest absolute Gasteiger partial charge is 0.496 e. The first-order valence-electron chi connectivity index (χ1n) is 8.78. The van der Waals surface area contributed by atoms with E-state index in [0.717, 1.165) is 0 Å². The van der Waals surface area contributed by atoms with Gasteiger partial charge in [0.05, 0.1) is 27.9 Å². The van der Waals surface area contributed by atoms with Gasteiger partial charge < -0.3 is 18.9 Å². The van der Waals surface area contributed by atoms with Crippen LogP contribution < -0.4 is 14.2 Å². The summed E-state index contributed by atoms with van der Waals surface area (Å²) >= 11 is 0. The Bertz CT molecular complexity index is 794. The average molecular weight is 404 g/mol. The number of Topliss-reactive ketones (excluding diaryl/α,β-unsaturated/α-hetero) is 1. The number of ketones is 1. The summed E-state index contributed by atoms with van der Waals surface area (Å²) in [7, 11) is 5.80. The molecular formula is C21H24O8.